The predicted octanol–water partition coefficient (Wildman–Crippen LogP) is 4.64. The van der Waals surface area contributed by atoms with Gasteiger partial charge >= 0.3 is 0 Å². The minimum atomic E-state index is -0.240. The van der Waals surface area contributed by atoms with Crippen LogP contribution in [0.1, 0.15) is 43.3 Å². The van der Waals surface area contributed by atoms with Crippen LogP contribution >= 0.6 is 11.8 Å². The molecule has 1 atom stereocenters. The fourth-order valence-electron chi connectivity index (χ4n) is 2.02. The molecule has 0 saturated heterocycles. The zero-order chi connectivity index (χ0) is 15.4. The lowest BCUT2D eigenvalue weighted by atomic mass is 10.1. The monoisotopic (exact) mass is 308 g/mol. The zero-order valence-electron chi connectivity index (χ0n) is 12.9. The Morgan fingerprint density at radius 2 is 2.14 bits per heavy atom. The Hall–Kier alpha value is -1.33. The van der Waals surface area contributed by atoms with Gasteiger partial charge in [-0.3, -0.25) is 0 Å². The van der Waals surface area contributed by atoms with Crippen LogP contribution < -0.4 is 5.32 Å². The van der Waals surface area contributed by atoms with Crippen molar-refractivity contribution in [3.05, 3.63) is 41.0 Å². The summed E-state index contributed by atoms with van der Waals surface area (Å²) >= 11 is 1.24. The molecule has 3 nitrogen and oxygen atoms in total. The highest BCUT2D eigenvalue weighted by Crippen LogP contribution is 2.35. The molecule has 1 unspecified atom stereocenters. The molecule has 1 aromatic carbocycles. The van der Waals surface area contributed by atoms with Crippen LogP contribution in [0.2, 0.25) is 0 Å². The Morgan fingerprint density at radius 3 is 2.76 bits per heavy atom. The molecule has 1 N–H and O–H groups in total. The first-order valence-corrected chi connectivity index (χ1v) is 7.98. The van der Waals surface area contributed by atoms with Gasteiger partial charge in [0.05, 0.1) is 10.6 Å². The number of nitrogens with zero attached hydrogens (tertiary/aromatic N) is 1. The number of hydrogen-bond acceptors (Lipinski definition) is 4. The van der Waals surface area contributed by atoms with Gasteiger partial charge in [-0.25, -0.2) is 9.37 Å². The summed E-state index contributed by atoms with van der Waals surface area (Å²) in [5.41, 5.74) is 1.77. The number of benzene rings is 1. The lowest BCUT2D eigenvalue weighted by molar-refractivity contribution is 0.430. The van der Waals surface area contributed by atoms with Crippen LogP contribution in [0.25, 0.3) is 0 Å². The molecule has 0 amide bonds. The Kier molecular flexibility index (Phi) is 5.42. The van der Waals surface area contributed by atoms with Gasteiger partial charge in [0.1, 0.15) is 11.6 Å². The molecule has 2 rings (SSSR count). The van der Waals surface area contributed by atoms with Crippen molar-refractivity contribution >= 4 is 11.8 Å². The van der Waals surface area contributed by atoms with E-state index in [1.807, 2.05) is 26.8 Å². The lowest BCUT2D eigenvalue weighted by Gasteiger charge is -2.17. The first-order valence-electron chi connectivity index (χ1n) is 7.16. The molecule has 0 aliphatic carbocycles. The van der Waals surface area contributed by atoms with E-state index in [0.717, 1.165) is 30.0 Å². The van der Waals surface area contributed by atoms with E-state index >= 15 is 0 Å². The highest BCUT2D eigenvalue weighted by molar-refractivity contribution is 7.99. The van der Waals surface area contributed by atoms with Gasteiger partial charge in [0, 0.05) is 6.04 Å². The topological polar surface area (TPSA) is 38.1 Å². The summed E-state index contributed by atoms with van der Waals surface area (Å²) in [6.45, 7) is 8.80. The molecule has 5 heteroatoms. The molecule has 1 heterocycles. The largest absolute Gasteiger partial charge is 0.436 e. The Bertz CT molecular complexity index is 593. The third kappa shape index (κ3) is 3.86. The number of aromatic nitrogens is 1. The second-order valence-corrected chi connectivity index (χ2v) is 6.02. The maximum absolute atomic E-state index is 14.2. The number of aryl methyl sites for hydroxylation is 2. The molecule has 0 saturated carbocycles. The molecule has 0 fully saturated rings. The maximum Gasteiger partial charge on any atom is 0.261 e. The maximum atomic E-state index is 14.2. The number of nitrogens with one attached hydrogen (secondary N) is 1. The van der Waals surface area contributed by atoms with Crippen LogP contribution in [0.4, 0.5) is 4.39 Å². The Labute approximate surface area is 129 Å². The van der Waals surface area contributed by atoms with Crippen molar-refractivity contribution in [1.82, 2.24) is 10.3 Å². The third-order valence-electron chi connectivity index (χ3n) is 3.36. The van der Waals surface area contributed by atoms with E-state index < -0.39 is 0 Å². The molecule has 0 aliphatic heterocycles. The highest BCUT2D eigenvalue weighted by atomic mass is 32.2. The predicted molar refractivity (Wildman–Crippen MR) is 83.2 cm³/mol. The Morgan fingerprint density at radius 1 is 1.38 bits per heavy atom. The molecule has 0 aliphatic rings. The average molecular weight is 308 g/mol. The number of rotatable bonds is 6. The van der Waals surface area contributed by atoms with Gasteiger partial charge in [0.15, 0.2) is 0 Å². The standard InChI is InChI=1S/C16H21FN2OS/c1-5-9-18-11(3)13-7-6-8-14(17)15(13)21-16-19-10(2)12(4)20-16/h6-8,11,18H,5,9H2,1-4H3. The van der Waals surface area contributed by atoms with Crippen LogP contribution in [0.5, 0.6) is 0 Å². The summed E-state index contributed by atoms with van der Waals surface area (Å²) in [5.74, 6) is 0.531. The molecule has 114 valence electrons. The van der Waals surface area contributed by atoms with Crippen LogP contribution in [0, 0.1) is 19.7 Å². The normalized spacial score (nSPS) is 12.6. The van der Waals surface area contributed by atoms with E-state index in [4.69, 9.17) is 4.42 Å². The van der Waals surface area contributed by atoms with E-state index in [2.05, 4.69) is 17.2 Å². The van der Waals surface area contributed by atoms with Gasteiger partial charge in [-0.05, 0) is 57.1 Å². The molecular formula is C16H21FN2OS. The quantitative estimate of drug-likeness (QED) is 0.843. The average Bonchev–Trinajstić information content (AvgIpc) is 2.77. The van der Waals surface area contributed by atoms with E-state index in [9.17, 15) is 4.39 Å². The molecule has 1 aromatic heterocycles. The molecule has 0 spiro atoms. The van der Waals surface area contributed by atoms with Gasteiger partial charge in [0.25, 0.3) is 5.22 Å². The van der Waals surface area contributed by atoms with E-state index in [1.165, 1.54) is 17.8 Å². The van der Waals surface area contributed by atoms with Gasteiger partial charge in [-0.2, -0.15) is 0 Å². The minimum absolute atomic E-state index is 0.0836. The summed E-state index contributed by atoms with van der Waals surface area (Å²) in [6, 6.07) is 5.24. The fraction of sp³-hybridized carbons (Fsp3) is 0.438. The number of hydrogen-bond donors (Lipinski definition) is 1. The zero-order valence-corrected chi connectivity index (χ0v) is 13.7. The van der Waals surface area contributed by atoms with Crippen molar-refractivity contribution < 1.29 is 8.81 Å². The molecule has 0 bridgehead atoms. The molecular weight excluding hydrogens is 287 g/mol. The van der Waals surface area contributed by atoms with Crippen molar-refractivity contribution in [3.63, 3.8) is 0 Å². The van der Waals surface area contributed by atoms with Gasteiger partial charge in [-0.15, -0.1) is 0 Å². The van der Waals surface area contributed by atoms with Crippen LogP contribution in [-0.4, -0.2) is 11.5 Å². The third-order valence-corrected chi connectivity index (χ3v) is 4.35. The van der Waals surface area contributed by atoms with Crippen molar-refractivity contribution in [2.75, 3.05) is 6.54 Å². The van der Waals surface area contributed by atoms with Gasteiger partial charge in [-0.1, -0.05) is 19.1 Å². The van der Waals surface area contributed by atoms with E-state index in [0.29, 0.717) is 10.1 Å². The molecule has 0 radical (unpaired) electrons. The summed E-state index contributed by atoms with van der Waals surface area (Å²) in [4.78, 5) is 4.90. The van der Waals surface area contributed by atoms with Gasteiger partial charge < -0.3 is 9.73 Å². The lowest BCUT2D eigenvalue weighted by Crippen LogP contribution is -2.20. The fourth-order valence-corrected chi connectivity index (χ4v) is 3.07. The SMILES string of the molecule is CCCNC(C)c1cccc(F)c1Sc1nc(C)c(C)o1. The van der Waals surface area contributed by atoms with Crippen LogP contribution in [0.3, 0.4) is 0 Å². The van der Waals surface area contributed by atoms with Gasteiger partial charge in [0.2, 0.25) is 0 Å². The van der Waals surface area contributed by atoms with Crippen molar-refractivity contribution in [2.24, 2.45) is 0 Å². The van der Waals surface area contributed by atoms with E-state index in [-0.39, 0.29) is 11.9 Å². The van der Waals surface area contributed by atoms with E-state index in [1.54, 1.807) is 6.07 Å². The molecule has 2 aromatic rings. The van der Waals surface area contributed by atoms with Crippen molar-refractivity contribution in [3.8, 4) is 0 Å². The minimum Gasteiger partial charge on any atom is -0.436 e. The number of halogens is 1. The summed E-state index contributed by atoms with van der Waals surface area (Å²) < 4.78 is 19.8. The van der Waals surface area contributed by atoms with Crippen molar-refractivity contribution in [2.45, 2.75) is 50.3 Å². The first-order chi connectivity index (χ1) is 10.0. The second-order valence-electron chi connectivity index (χ2n) is 5.06. The first kappa shape index (κ1) is 16.0. The highest BCUT2D eigenvalue weighted by Gasteiger charge is 2.17. The van der Waals surface area contributed by atoms with Crippen LogP contribution in [-0.2, 0) is 0 Å². The summed E-state index contributed by atoms with van der Waals surface area (Å²) in [5, 5.41) is 3.87. The smallest absolute Gasteiger partial charge is 0.261 e. The Balaban J connectivity index is 2.29. The van der Waals surface area contributed by atoms with Crippen LogP contribution in [0.15, 0.2) is 32.7 Å². The molecule has 21 heavy (non-hydrogen) atoms. The number of oxazole rings is 1. The second kappa shape index (κ2) is 7.09. The summed E-state index contributed by atoms with van der Waals surface area (Å²) in [7, 11) is 0. The summed E-state index contributed by atoms with van der Waals surface area (Å²) in [6.07, 6.45) is 1.04. The van der Waals surface area contributed by atoms with Crippen molar-refractivity contribution in [1.29, 1.82) is 0 Å².